The van der Waals surface area contributed by atoms with Gasteiger partial charge in [-0.2, -0.15) is 13.1 Å². The molecule has 9 heteroatoms. The summed E-state index contributed by atoms with van der Waals surface area (Å²) in [5, 5.41) is 8.59. The Bertz CT molecular complexity index is 366. The molecule has 0 fully saturated rings. The van der Waals surface area contributed by atoms with Crippen molar-refractivity contribution in [3.05, 3.63) is 0 Å². The van der Waals surface area contributed by atoms with Crippen molar-refractivity contribution in [2.75, 3.05) is 7.11 Å². The summed E-state index contributed by atoms with van der Waals surface area (Å²) in [6.07, 6.45) is -0.522. The lowest BCUT2D eigenvalue weighted by Crippen LogP contribution is -2.45. The first-order valence-corrected chi connectivity index (χ1v) is 6.38. The van der Waals surface area contributed by atoms with Gasteiger partial charge in [-0.25, -0.2) is 9.52 Å². The van der Waals surface area contributed by atoms with Gasteiger partial charge in [0.1, 0.15) is 0 Å². The van der Waals surface area contributed by atoms with Gasteiger partial charge in [0.2, 0.25) is 0 Å². The number of methoxy groups -OCH3 is 1. The van der Waals surface area contributed by atoms with Crippen molar-refractivity contribution in [3.8, 4) is 0 Å². The number of aliphatic carboxylic acids is 1. The first-order chi connectivity index (χ1) is 7.80. The van der Waals surface area contributed by atoms with E-state index >= 15 is 0 Å². The van der Waals surface area contributed by atoms with Crippen LogP contribution in [0.1, 0.15) is 26.2 Å². The van der Waals surface area contributed by atoms with E-state index in [-0.39, 0.29) is 6.42 Å². The zero-order chi connectivity index (χ0) is 13.5. The van der Waals surface area contributed by atoms with Gasteiger partial charge in [0.15, 0.2) is 0 Å². The van der Waals surface area contributed by atoms with Crippen molar-refractivity contribution in [1.29, 1.82) is 0 Å². The highest BCUT2D eigenvalue weighted by atomic mass is 32.2. The van der Waals surface area contributed by atoms with Gasteiger partial charge in [-0.3, -0.25) is 4.79 Å². The molecule has 0 saturated carbocycles. The molecule has 0 heterocycles. The molecule has 0 bridgehead atoms. The van der Waals surface area contributed by atoms with E-state index in [9.17, 15) is 18.0 Å². The molecule has 0 aliphatic carbocycles. The summed E-state index contributed by atoms with van der Waals surface area (Å²) in [4.78, 5) is 21.2. The molecule has 17 heavy (non-hydrogen) atoms. The molecule has 0 rings (SSSR count). The number of carbonyl (C=O) groups excluding carboxylic acids is 1. The Labute approximate surface area is 99.5 Å². The third kappa shape index (κ3) is 7.53. The van der Waals surface area contributed by atoms with Crippen LogP contribution in [0, 0.1) is 0 Å². The zero-order valence-electron chi connectivity index (χ0n) is 9.60. The van der Waals surface area contributed by atoms with Crippen LogP contribution < -0.4 is 9.44 Å². The highest BCUT2D eigenvalue weighted by Gasteiger charge is 2.21. The first kappa shape index (κ1) is 15.7. The van der Waals surface area contributed by atoms with E-state index in [2.05, 4.69) is 9.46 Å². The van der Waals surface area contributed by atoms with Crippen molar-refractivity contribution in [1.82, 2.24) is 9.44 Å². The summed E-state index contributed by atoms with van der Waals surface area (Å²) in [7, 11) is -3.08. The highest BCUT2D eigenvalue weighted by molar-refractivity contribution is 7.88. The first-order valence-electron chi connectivity index (χ1n) is 4.90. The minimum atomic E-state index is -4.10. The topological polar surface area (TPSA) is 122 Å². The van der Waals surface area contributed by atoms with Gasteiger partial charge in [-0.15, -0.1) is 0 Å². The molecule has 1 atom stereocenters. The van der Waals surface area contributed by atoms with E-state index in [4.69, 9.17) is 5.11 Å². The highest BCUT2D eigenvalue weighted by Crippen LogP contribution is 2.03. The fourth-order valence-electron chi connectivity index (χ4n) is 1.16. The molecule has 3 N–H and O–H groups in total. The molecule has 0 aromatic heterocycles. The number of hydrogen-bond donors (Lipinski definition) is 3. The van der Waals surface area contributed by atoms with Crippen molar-refractivity contribution in [2.24, 2.45) is 0 Å². The summed E-state index contributed by atoms with van der Waals surface area (Å²) < 4.78 is 30.5. The second-order valence-corrected chi connectivity index (χ2v) is 4.75. The fourth-order valence-corrected chi connectivity index (χ4v) is 2.16. The van der Waals surface area contributed by atoms with Gasteiger partial charge in [0.25, 0.3) is 0 Å². The summed E-state index contributed by atoms with van der Waals surface area (Å²) in [5.74, 6) is -1.12. The molecule has 0 aliphatic rings. The number of carboxylic acid groups (broad SMARTS) is 1. The lowest BCUT2D eigenvalue weighted by atomic mass is 10.1. The van der Waals surface area contributed by atoms with E-state index < -0.39 is 28.3 Å². The van der Waals surface area contributed by atoms with E-state index in [1.807, 2.05) is 0 Å². The predicted octanol–water partition coefficient (Wildman–Crippen LogP) is -0.180. The lowest BCUT2D eigenvalue weighted by Gasteiger charge is -2.15. The summed E-state index contributed by atoms with van der Waals surface area (Å²) in [5.41, 5.74) is 0. The Morgan fingerprint density at radius 1 is 1.41 bits per heavy atom. The lowest BCUT2D eigenvalue weighted by molar-refractivity contribution is -0.137. The second-order valence-electron chi connectivity index (χ2n) is 3.30. The van der Waals surface area contributed by atoms with Crippen LogP contribution in [0.25, 0.3) is 0 Å². The van der Waals surface area contributed by atoms with Gasteiger partial charge in [0.05, 0.1) is 13.5 Å². The number of carbonyl (C=O) groups is 2. The van der Waals surface area contributed by atoms with Gasteiger partial charge in [-0.1, -0.05) is 13.3 Å². The predicted molar refractivity (Wildman–Crippen MR) is 58.5 cm³/mol. The average molecular weight is 268 g/mol. The van der Waals surface area contributed by atoms with Gasteiger partial charge in [0, 0.05) is 6.04 Å². The van der Waals surface area contributed by atoms with Gasteiger partial charge < -0.3 is 9.84 Å². The Morgan fingerprint density at radius 3 is 2.41 bits per heavy atom. The van der Waals surface area contributed by atoms with Crippen molar-refractivity contribution >= 4 is 22.3 Å². The molecule has 0 saturated heterocycles. The number of rotatable bonds is 7. The smallest absolute Gasteiger partial charge is 0.421 e. The van der Waals surface area contributed by atoms with Crippen molar-refractivity contribution in [3.63, 3.8) is 0 Å². The average Bonchev–Trinajstić information content (AvgIpc) is 2.15. The normalized spacial score (nSPS) is 12.8. The molecule has 0 aromatic rings. The Balaban J connectivity index is 4.51. The monoisotopic (exact) mass is 268 g/mol. The van der Waals surface area contributed by atoms with Crippen LogP contribution in [0.2, 0.25) is 0 Å². The molecule has 1 amide bonds. The molecule has 8 nitrogen and oxygen atoms in total. The summed E-state index contributed by atoms with van der Waals surface area (Å²) in [6, 6.07) is -0.764. The second kappa shape index (κ2) is 7.07. The van der Waals surface area contributed by atoms with Crippen LogP contribution in [0.3, 0.4) is 0 Å². The number of hydrogen-bond acceptors (Lipinski definition) is 5. The quantitative estimate of drug-likeness (QED) is 0.588. The maximum atomic E-state index is 11.4. The van der Waals surface area contributed by atoms with E-state index in [0.717, 1.165) is 7.11 Å². The van der Waals surface area contributed by atoms with Gasteiger partial charge >= 0.3 is 22.3 Å². The molecule has 0 aromatic carbocycles. The third-order valence-corrected chi connectivity index (χ3v) is 2.86. The Hall–Kier alpha value is -1.35. The van der Waals surface area contributed by atoms with Crippen LogP contribution in [0.5, 0.6) is 0 Å². The molecular formula is C8H16N2O6S. The van der Waals surface area contributed by atoms with Crippen LogP contribution in [-0.4, -0.2) is 38.7 Å². The van der Waals surface area contributed by atoms with Gasteiger partial charge in [-0.05, 0) is 6.42 Å². The number of carboxylic acids is 1. The Morgan fingerprint density at radius 2 is 2.00 bits per heavy atom. The molecular weight excluding hydrogens is 252 g/mol. The van der Waals surface area contributed by atoms with Crippen LogP contribution >= 0.6 is 0 Å². The molecule has 100 valence electrons. The van der Waals surface area contributed by atoms with Crippen LogP contribution in [0.15, 0.2) is 0 Å². The maximum Gasteiger partial charge on any atom is 0.421 e. The Kier molecular flexibility index (Phi) is 6.51. The minimum absolute atomic E-state index is 0.351. The zero-order valence-corrected chi connectivity index (χ0v) is 10.4. The summed E-state index contributed by atoms with van der Waals surface area (Å²) in [6.45, 7) is 1.79. The largest absolute Gasteiger partial charge is 0.481 e. The van der Waals surface area contributed by atoms with Crippen LogP contribution in [0.4, 0.5) is 4.79 Å². The number of nitrogens with one attached hydrogen (secondary N) is 2. The third-order valence-electron chi connectivity index (χ3n) is 1.78. The van der Waals surface area contributed by atoms with Crippen LogP contribution in [-0.2, 0) is 19.7 Å². The number of amides is 1. The standard InChI is InChI=1S/C8H16N2O6S/c1-3-4-6(5-7(11)12)9-17(14,15)10-8(13)16-2/h6,9H,3-5H2,1-2H3,(H,10,13)(H,11,12). The molecule has 1 unspecified atom stereocenters. The van der Waals surface area contributed by atoms with Crippen molar-refractivity contribution < 1.29 is 27.9 Å². The number of ether oxygens (including phenoxy) is 1. The molecule has 0 aliphatic heterocycles. The maximum absolute atomic E-state index is 11.4. The van der Waals surface area contributed by atoms with Crippen molar-refractivity contribution in [2.45, 2.75) is 32.2 Å². The van der Waals surface area contributed by atoms with E-state index in [0.29, 0.717) is 12.8 Å². The summed E-state index contributed by atoms with van der Waals surface area (Å²) >= 11 is 0. The molecule has 0 radical (unpaired) electrons. The minimum Gasteiger partial charge on any atom is -0.481 e. The fraction of sp³-hybridized carbons (Fsp3) is 0.750. The molecule has 0 spiro atoms. The van der Waals surface area contributed by atoms with E-state index in [1.165, 1.54) is 0 Å². The SMILES string of the molecule is CCCC(CC(=O)O)NS(=O)(=O)NC(=O)OC. The van der Waals surface area contributed by atoms with E-state index in [1.54, 1.807) is 11.6 Å².